The second-order valence-electron chi connectivity index (χ2n) is 2.51. The Kier molecular flexibility index (Phi) is 7.20. The van der Waals surface area contributed by atoms with Crippen molar-refractivity contribution in [3.8, 4) is 0 Å². The highest BCUT2D eigenvalue weighted by molar-refractivity contribution is 7.99. The smallest absolute Gasteiger partial charge is 0.0137 e. The Bertz CT molecular complexity index is 91.3. The van der Waals surface area contributed by atoms with E-state index in [1.165, 1.54) is 17.7 Å². The summed E-state index contributed by atoms with van der Waals surface area (Å²) >= 11 is 1.95. The van der Waals surface area contributed by atoms with Gasteiger partial charge in [0.05, 0.1) is 0 Å². The predicted molar refractivity (Wildman–Crippen MR) is 50.4 cm³/mol. The van der Waals surface area contributed by atoms with Crippen molar-refractivity contribution in [1.29, 1.82) is 0 Å². The van der Waals surface area contributed by atoms with Crippen molar-refractivity contribution in [2.75, 3.05) is 18.1 Å². The molecule has 1 nitrogen and oxygen atoms in total. The quantitative estimate of drug-likeness (QED) is 0.474. The van der Waals surface area contributed by atoms with Gasteiger partial charge >= 0.3 is 0 Å². The summed E-state index contributed by atoms with van der Waals surface area (Å²) in [4.78, 5) is 0. The molecule has 0 bridgehead atoms. The van der Waals surface area contributed by atoms with E-state index in [0.717, 1.165) is 18.7 Å². The molecular weight excluding hydrogens is 142 g/mol. The fourth-order valence-corrected chi connectivity index (χ4v) is 1.50. The number of rotatable bonds is 6. The largest absolute Gasteiger partial charge is 0.330 e. The number of hydrogen-bond donors (Lipinski definition) is 1. The standard InChI is InChI=1S/C8H17NS/c1-8(2)7-10-6-4-3-5-9/h1,3-7,9H2,2H3. The summed E-state index contributed by atoms with van der Waals surface area (Å²) in [6, 6.07) is 0. The topological polar surface area (TPSA) is 26.0 Å². The molecule has 60 valence electrons. The maximum absolute atomic E-state index is 5.34. The summed E-state index contributed by atoms with van der Waals surface area (Å²) in [6.07, 6.45) is 2.40. The molecule has 0 aliphatic carbocycles. The average molecular weight is 159 g/mol. The molecule has 0 heterocycles. The van der Waals surface area contributed by atoms with Crippen LogP contribution in [0.25, 0.3) is 0 Å². The molecule has 0 saturated carbocycles. The normalized spacial score (nSPS) is 9.80. The van der Waals surface area contributed by atoms with Gasteiger partial charge in [0.25, 0.3) is 0 Å². The molecule has 10 heavy (non-hydrogen) atoms. The van der Waals surface area contributed by atoms with E-state index in [4.69, 9.17) is 5.73 Å². The molecule has 2 heteroatoms. The lowest BCUT2D eigenvalue weighted by atomic mass is 10.3. The number of unbranched alkanes of at least 4 members (excludes halogenated alkanes) is 1. The van der Waals surface area contributed by atoms with E-state index in [2.05, 4.69) is 13.5 Å². The van der Waals surface area contributed by atoms with Gasteiger partial charge in [-0.25, -0.2) is 0 Å². The minimum absolute atomic E-state index is 0.827. The highest BCUT2D eigenvalue weighted by atomic mass is 32.2. The first-order valence-electron chi connectivity index (χ1n) is 3.69. The molecule has 0 amide bonds. The van der Waals surface area contributed by atoms with Crippen LogP contribution in [0.3, 0.4) is 0 Å². The van der Waals surface area contributed by atoms with Gasteiger partial charge in [-0.1, -0.05) is 12.2 Å². The first-order chi connectivity index (χ1) is 4.77. The molecule has 0 aliphatic heterocycles. The first kappa shape index (κ1) is 10.0. The maximum Gasteiger partial charge on any atom is 0.0137 e. The summed E-state index contributed by atoms with van der Waals surface area (Å²) in [5.74, 6) is 2.33. The molecule has 0 atom stereocenters. The van der Waals surface area contributed by atoms with Gasteiger partial charge < -0.3 is 5.73 Å². The van der Waals surface area contributed by atoms with Crippen molar-refractivity contribution in [3.63, 3.8) is 0 Å². The molecule has 0 unspecified atom stereocenters. The Morgan fingerprint density at radius 3 is 2.70 bits per heavy atom. The van der Waals surface area contributed by atoms with Gasteiger partial charge in [0.15, 0.2) is 0 Å². The Morgan fingerprint density at radius 1 is 1.50 bits per heavy atom. The summed E-state index contributed by atoms with van der Waals surface area (Å²) in [5.41, 5.74) is 6.61. The van der Waals surface area contributed by atoms with Gasteiger partial charge in [0.2, 0.25) is 0 Å². The highest BCUT2D eigenvalue weighted by Crippen LogP contribution is 2.07. The maximum atomic E-state index is 5.34. The third-order valence-corrected chi connectivity index (χ3v) is 2.37. The first-order valence-corrected chi connectivity index (χ1v) is 4.85. The monoisotopic (exact) mass is 159 g/mol. The Hall–Kier alpha value is 0.0500. The molecule has 0 radical (unpaired) electrons. The van der Waals surface area contributed by atoms with Crippen LogP contribution in [0, 0.1) is 0 Å². The van der Waals surface area contributed by atoms with Crippen LogP contribution in [-0.2, 0) is 0 Å². The Balaban J connectivity index is 2.84. The minimum atomic E-state index is 0.827. The van der Waals surface area contributed by atoms with Crippen molar-refractivity contribution in [2.45, 2.75) is 19.8 Å². The van der Waals surface area contributed by atoms with E-state index in [0.29, 0.717) is 0 Å². The Labute approximate surface area is 68.1 Å². The molecule has 0 spiro atoms. The van der Waals surface area contributed by atoms with Gasteiger partial charge in [0.1, 0.15) is 0 Å². The van der Waals surface area contributed by atoms with E-state index in [1.54, 1.807) is 0 Å². The van der Waals surface area contributed by atoms with Gasteiger partial charge in [0, 0.05) is 5.75 Å². The van der Waals surface area contributed by atoms with Gasteiger partial charge in [-0.15, -0.1) is 0 Å². The molecule has 2 N–H and O–H groups in total. The highest BCUT2D eigenvalue weighted by Gasteiger charge is 1.88. The predicted octanol–water partition coefficient (Wildman–Crippen LogP) is 2.03. The lowest BCUT2D eigenvalue weighted by Crippen LogP contribution is -1.98. The fourth-order valence-electron chi connectivity index (χ4n) is 0.595. The second kappa shape index (κ2) is 7.16. The molecular formula is C8H17NS. The number of nitrogens with two attached hydrogens (primary N) is 1. The minimum Gasteiger partial charge on any atom is -0.330 e. The molecule has 0 saturated heterocycles. The molecule has 0 aromatic rings. The van der Waals surface area contributed by atoms with Gasteiger partial charge in [-0.05, 0) is 32.1 Å². The van der Waals surface area contributed by atoms with Crippen LogP contribution in [0.2, 0.25) is 0 Å². The van der Waals surface area contributed by atoms with Gasteiger partial charge in [-0.3, -0.25) is 0 Å². The molecule has 0 aromatic heterocycles. The van der Waals surface area contributed by atoms with E-state index in [1.807, 2.05) is 11.8 Å². The van der Waals surface area contributed by atoms with Crippen LogP contribution in [0.1, 0.15) is 19.8 Å². The van der Waals surface area contributed by atoms with Crippen LogP contribution in [-0.4, -0.2) is 18.1 Å². The third-order valence-electron chi connectivity index (χ3n) is 1.09. The zero-order valence-corrected chi connectivity index (χ0v) is 7.54. The van der Waals surface area contributed by atoms with Crippen LogP contribution in [0.4, 0.5) is 0 Å². The van der Waals surface area contributed by atoms with Crippen LogP contribution in [0.15, 0.2) is 12.2 Å². The zero-order valence-electron chi connectivity index (χ0n) is 6.73. The molecule has 0 fully saturated rings. The summed E-state index contributed by atoms with van der Waals surface area (Å²) < 4.78 is 0. The fraction of sp³-hybridized carbons (Fsp3) is 0.750. The van der Waals surface area contributed by atoms with E-state index < -0.39 is 0 Å². The summed E-state index contributed by atoms with van der Waals surface area (Å²) in [7, 11) is 0. The SMILES string of the molecule is C=C(C)CSCCCCN. The van der Waals surface area contributed by atoms with Crippen molar-refractivity contribution < 1.29 is 0 Å². The van der Waals surface area contributed by atoms with Crippen LogP contribution in [0.5, 0.6) is 0 Å². The third kappa shape index (κ3) is 8.05. The lowest BCUT2D eigenvalue weighted by molar-refractivity contribution is 0.815. The summed E-state index contributed by atoms with van der Waals surface area (Å²) in [5, 5.41) is 0. The van der Waals surface area contributed by atoms with Crippen molar-refractivity contribution in [2.24, 2.45) is 5.73 Å². The second-order valence-corrected chi connectivity index (χ2v) is 3.61. The van der Waals surface area contributed by atoms with Gasteiger partial charge in [-0.2, -0.15) is 11.8 Å². The van der Waals surface area contributed by atoms with Crippen LogP contribution >= 0.6 is 11.8 Å². The molecule has 0 rings (SSSR count). The molecule has 0 aromatic carbocycles. The van der Waals surface area contributed by atoms with Crippen molar-refractivity contribution in [3.05, 3.63) is 12.2 Å². The van der Waals surface area contributed by atoms with E-state index in [-0.39, 0.29) is 0 Å². The van der Waals surface area contributed by atoms with Crippen LogP contribution < -0.4 is 5.73 Å². The van der Waals surface area contributed by atoms with E-state index in [9.17, 15) is 0 Å². The van der Waals surface area contributed by atoms with Crippen molar-refractivity contribution >= 4 is 11.8 Å². The lowest BCUT2D eigenvalue weighted by Gasteiger charge is -1.98. The number of thioether (sulfide) groups is 1. The molecule has 0 aliphatic rings. The van der Waals surface area contributed by atoms with E-state index >= 15 is 0 Å². The summed E-state index contributed by atoms with van der Waals surface area (Å²) in [6.45, 7) is 6.72. The van der Waals surface area contributed by atoms with Crippen molar-refractivity contribution in [1.82, 2.24) is 0 Å². The Morgan fingerprint density at radius 2 is 2.20 bits per heavy atom. The number of hydrogen-bond acceptors (Lipinski definition) is 2. The zero-order chi connectivity index (χ0) is 7.82. The average Bonchev–Trinajstić information content (AvgIpc) is 1.87.